The molecule has 2 amide bonds. The molecule has 2 fully saturated rings. The van der Waals surface area contributed by atoms with E-state index >= 15 is 0 Å². The number of benzene rings is 1. The Morgan fingerprint density at radius 1 is 1.15 bits per heavy atom. The number of hydrogen-bond acceptors (Lipinski definition) is 7. The molecule has 1 aromatic carbocycles. The lowest BCUT2D eigenvalue weighted by molar-refractivity contribution is -0.198. The second kappa shape index (κ2) is 13.8. The van der Waals surface area contributed by atoms with Gasteiger partial charge in [0, 0.05) is 25.6 Å². The number of carbonyl (C=O) groups is 3. The monoisotopic (exact) mass is 544 g/mol. The molecule has 10 heteroatoms. The van der Waals surface area contributed by atoms with Crippen molar-refractivity contribution in [2.45, 2.75) is 89.7 Å². The second-order valence-corrected chi connectivity index (χ2v) is 10.3. The van der Waals surface area contributed by atoms with Crippen LogP contribution < -0.4 is 9.64 Å². The molecule has 0 bridgehead atoms. The van der Waals surface area contributed by atoms with Crippen molar-refractivity contribution in [3.63, 3.8) is 0 Å². The molecular weight excluding hydrogens is 504 g/mol. The summed E-state index contributed by atoms with van der Waals surface area (Å²) >= 11 is 0. The highest BCUT2D eigenvalue weighted by molar-refractivity contribution is 6.05. The number of nitrogens with zero attached hydrogens (tertiary/aromatic N) is 2. The molecule has 0 aliphatic carbocycles. The molecule has 0 aromatic heterocycles. The van der Waals surface area contributed by atoms with Gasteiger partial charge in [-0.1, -0.05) is 12.7 Å². The number of carboxylic acid groups (broad SMARTS) is 1. The van der Waals surface area contributed by atoms with E-state index in [1.807, 2.05) is 11.8 Å². The normalized spacial score (nSPS) is 22.9. The van der Waals surface area contributed by atoms with Crippen LogP contribution in [0.1, 0.15) is 80.1 Å². The highest BCUT2D eigenvalue weighted by atomic mass is 16.7. The lowest BCUT2D eigenvalue weighted by atomic mass is 10.00. The number of piperidine rings is 1. The van der Waals surface area contributed by atoms with Crippen LogP contribution in [-0.2, 0) is 19.0 Å². The molecule has 1 aromatic rings. The van der Waals surface area contributed by atoms with Gasteiger partial charge in [0.1, 0.15) is 12.4 Å². The maximum Gasteiger partial charge on any atom is 0.416 e. The van der Waals surface area contributed by atoms with Gasteiger partial charge in [-0.3, -0.25) is 9.59 Å². The van der Waals surface area contributed by atoms with Crippen LogP contribution in [0.15, 0.2) is 24.8 Å². The summed E-state index contributed by atoms with van der Waals surface area (Å²) in [4.78, 5) is 41.6. The zero-order valence-corrected chi connectivity index (χ0v) is 22.8. The van der Waals surface area contributed by atoms with Gasteiger partial charge in [-0.15, -0.1) is 0 Å². The van der Waals surface area contributed by atoms with Gasteiger partial charge in [-0.25, -0.2) is 9.69 Å². The summed E-state index contributed by atoms with van der Waals surface area (Å²) in [5, 5.41) is 8.84. The molecule has 3 aliphatic heterocycles. The summed E-state index contributed by atoms with van der Waals surface area (Å²) < 4.78 is 24.0. The van der Waals surface area contributed by atoms with Crippen molar-refractivity contribution in [2.75, 3.05) is 31.3 Å². The number of aliphatic carboxylic acids is 1. The average molecular weight is 545 g/mol. The number of anilines is 1. The molecule has 10 nitrogen and oxygen atoms in total. The lowest BCUT2D eigenvalue weighted by Gasteiger charge is -2.42. The van der Waals surface area contributed by atoms with E-state index in [2.05, 4.69) is 6.58 Å². The maximum atomic E-state index is 13.9. The van der Waals surface area contributed by atoms with Gasteiger partial charge < -0.3 is 29.0 Å². The first-order chi connectivity index (χ1) is 18.9. The lowest BCUT2D eigenvalue weighted by Crippen LogP contribution is -2.57. The van der Waals surface area contributed by atoms with Crippen molar-refractivity contribution in [1.29, 1.82) is 0 Å². The fraction of sp³-hybridized carbons (Fsp3) is 0.621. The van der Waals surface area contributed by atoms with Crippen molar-refractivity contribution < 1.29 is 38.4 Å². The molecule has 1 unspecified atom stereocenters. The van der Waals surface area contributed by atoms with Crippen LogP contribution in [-0.4, -0.2) is 72.9 Å². The first-order valence-corrected chi connectivity index (χ1v) is 14.0. The van der Waals surface area contributed by atoms with E-state index in [-0.39, 0.29) is 25.0 Å². The van der Waals surface area contributed by atoms with Gasteiger partial charge in [0.2, 0.25) is 0 Å². The van der Waals surface area contributed by atoms with Gasteiger partial charge in [-0.05, 0) is 76.3 Å². The first-order valence-electron chi connectivity index (χ1n) is 14.0. The molecular formula is C29H40N2O8. The Bertz CT molecular complexity index is 1040. The van der Waals surface area contributed by atoms with Gasteiger partial charge in [0.15, 0.2) is 12.5 Å². The summed E-state index contributed by atoms with van der Waals surface area (Å²) in [6.07, 6.45) is 6.87. The van der Waals surface area contributed by atoms with Crippen molar-refractivity contribution in [1.82, 2.24) is 4.90 Å². The Morgan fingerprint density at radius 3 is 2.72 bits per heavy atom. The van der Waals surface area contributed by atoms with Crippen LogP contribution in [0.25, 0.3) is 0 Å². The van der Waals surface area contributed by atoms with Crippen LogP contribution >= 0.6 is 0 Å². The molecule has 0 radical (unpaired) electrons. The van der Waals surface area contributed by atoms with E-state index < -0.39 is 24.6 Å². The highest BCUT2D eigenvalue weighted by Gasteiger charge is 2.46. The number of rotatable bonds is 11. The average Bonchev–Trinajstić information content (AvgIpc) is 3.03. The summed E-state index contributed by atoms with van der Waals surface area (Å²) in [6.45, 7) is 7.11. The van der Waals surface area contributed by atoms with Crippen molar-refractivity contribution in [3.8, 4) is 5.75 Å². The number of amides is 2. The van der Waals surface area contributed by atoms with Crippen LogP contribution in [0.5, 0.6) is 5.75 Å². The number of fused-ring (bicyclic) bond motifs is 2. The van der Waals surface area contributed by atoms with Gasteiger partial charge in [-0.2, -0.15) is 0 Å². The minimum atomic E-state index is -0.808. The Morgan fingerprint density at radius 2 is 1.97 bits per heavy atom. The molecule has 1 N–H and O–H groups in total. The third kappa shape index (κ3) is 7.10. The number of hydrogen-bond donors (Lipinski definition) is 1. The van der Waals surface area contributed by atoms with E-state index in [4.69, 9.17) is 24.1 Å². The second-order valence-electron chi connectivity index (χ2n) is 10.3. The molecule has 3 atom stereocenters. The van der Waals surface area contributed by atoms with E-state index in [0.717, 1.165) is 37.7 Å². The minimum Gasteiger partial charge on any atom is -0.493 e. The van der Waals surface area contributed by atoms with Crippen molar-refractivity contribution >= 4 is 23.7 Å². The summed E-state index contributed by atoms with van der Waals surface area (Å²) in [7, 11) is 0. The van der Waals surface area contributed by atoms with Crippen LogP contribution in [0.2, 0.25) is 0 Å². The molecule has 3 heterocycles. The van der Waals surface area contributed by atoms with Gasteiger partial charge >= 0.3 is 12.1 Å². The molecule has 214 valence electrons. The third-order valence-electron chi connectivity index (χ3n) is 7.42. The molecule has 0 saturated carbocycles. The molecule has 4 rings (SSSR count). The molecule has 0 spiro atoms. The summed E-state index contributed by atoms with van der Waals surface area (Å²) in [6, 6.07) is 3.15. The van der Waals surface area contributed by atoms with Crippen molar-refractivity contribution in [2.24, 2.45) is 0 Å². The molecule has 39 heavy (non-hydrogen) atoms. The fourth-order valence-electron chi connectivity index (χ4n) is 5.44. The Labute approximate surface area is 229 Å². The summed E-state index contributed by atoms with van der Waals surface area (Å²) in [5.41, 5.74) is 1.56. The molecule has 3 aliphatic rings. The van der Waals surface area contributed by atoms with Crippen LogP contribution in [0.4, 0.5) is 10.5 Å². The number of carboxylic acids is 1. The zero-order valence-electron chi connectivity index (χ0n) is 22.8. The number of aryl methyl sites for hydroxylation is 1. The Hall–Kier alpha value is -3.11. The predicted molar refractivity (Wildman–Crippen MR) is 144 cm³/mol. The van der Waals surface area contributed by atoms with Crippen LogP contribution in [0, 0.1) is 6.92 Å². The molecule has 2 saturated heterocycles. The zero-order chi connectivity index (χ0) is 27.8. The Balaban J connectivity index is 1.68. The Kier molecular flexibility index (Phi) is 10.2. The van der Waals surface area contributed by atoms with E-state index in [9.17, 15) is 14.4 Å². The quantitative estimate of drug-likeness (QED) is 0.305. The smallest absolute Gasteiger partial charge is 0.416 e. The SMILES string of the molecule is C=CCOC(=O)N1c2cc(OCCCCCC(=O)O)c(C)cc2C(=O)N2CCCC[C@H]2[C@@H]1OC1CCCCO1. The standard InChI is InChI=1S/C29H40N2O8/c1-3-15-38-29(35)31-23-19-24(36-16-9-4-5-12-25(32)33)20(2)18-21(23)27(34)30-14-8-6-11-22(30)28(31)39-26-13-7-10-17-37-26/h3,18-19,22,26,28H,1,4-17H2,2H3,(H,32,33)/t22-,26?,28-/m0/s1. The largest absolute Gasteiger partial charge is 0.493 e. The highest BCUT2D eigenvalue weighted by Crippen LogP contribution is 2.40. The van der Waals surface area contributed by atoms with Gasteiger partial charge in [0.05, 0.1) is 23.9 Å². The van der Waals surface area contributed by atoms with Crippen LogP contribution in [0.3, 0.4) is 0 Å². The number of carbonyl (C=O) groups excluding carboxylic acids is 2. The fourth-order valence-corrected chi connectivity index (χ4v) is 5.44. The maximum absolute atomic E-state index is 13.9. The topological polar surface area (TPSA) is 115 Å². The summed E-state index contributed by atoms with van der Waals surface area (Å²) in [5.74, 6) is -0.402. The van der Waals surface area contributed by atoms with Crippen molar-refractivity contribution in [3.05, 3.63) is 35.9 Å². The van der Waals surface area contributed by atoms with Gasteiger partial charge in [0.25, 0.3) is 5.91 Å². The third-order valence-corrected chi connectivity index (χ3v) is 7.42. The van der Waals surface area contributed by atoms with E-state index in [0.29, 0.717) is 62.4 Å². The number of ether oxygens (including phenoxy) is 4. The predicted octanol–water partition coefficient (Wildman–Crippen LogP) is 5.03. The van der Waals surface area contributed by atoms with E-state index in [1.165, 1.54) is 11.0 Å². The minimum absolute atomic E-state index is 0.0191. The number of unbranched alkanes of at least 4 members (excludes halogenated alkanes) is 2. The first kappa shape index (κ1) is 28.9. The van der Waals surface area contributed by atoms with E-state index in [1.54, 1.807) is 12.1 Å².